The summed E-state index contributed by atoms with van der Waals surface area (Å²) < 4.78 is 9.77. The Labute approximate surface area is 169 Å². The number of amides is 1. The summed E-state index contributed by atoms with van der Waals surface area (Å²) in [4.78, 5) is 23.3. The van der Waals surface area contributed by atoms with Crippen molar-refractivity contribution in [3.8, 4) is 0 Å². The second kappa shape index (κ2) is 15.4. The van der Waals surface area contributed by atoms with Gasteiger partial charge in [-0.05, 0) is 46.5 Å². The maximum atomic E-state index is 11.5. The summed E-state index contributed by atoms with van der Waals surface area (Å²) in [7, 11) is 0. The van der Waals surface area contributed by atoms with E-state index in [2.05, 4.69) is 17.4 Å². The summed E-state index contributed by atoms with van der Waals surface area (Å²) in [6.45, 7) is 9.94. The topological polar surface area (TPSA) is 55.8 Å². The molecule has 1 aliphatic heterocycles. The van der Waals surface area contributed by atoms with Crippen LogP contribution in [0.15, 0.2) is 36.4 Å². The van der Waals surface area contributed by atoms with Gasteiger partial charge in [0.1, 0.15) is 5.60 Å². The van der Waals surface area contributed by atoms with Gasteiger partial charge in [-0.15, -0.1) is 0 Å². The van der Waals surface area contributed by atoms with E-state index in [9.17, 15) is 9.59 Å². The Hall–Kier alpha value is -1.69. The summed E-state index contributed by atoms with van der Waals surface area (Å²) in [6, 6.07) is 12.0. The molecule has 0 bridgehead atoms. The molecule has 0 unspecified atom stereocenters. The molecule has 1 aliphatic rings. The number of unbranched alkanes of at least 4 members (excludes halogenated alkanes) is 1. The van der Waals surface area contributed by atoms with E-state index < -0.39 is 5.30 Å². The molecule has 1 aromatic rings. The number of carbonyl (C=O) groups is 2. The SMILES string of the molecule is CC(C)(C)OC(=O)N1CCCCC1.CCCCOC(=O)S.c1ccccc1. The zero-order valence-corrected chi connectivity index (χ0v) is 18.0. The van der Waals surface area contributed by atoms with Crippen molar-refractivity contribution >= 4 is 24.0 Å². The van der Waals surface area contributed by atoms with Crippen molar-refractivity contribution in [2.24, 2.45) is 0 Å². The fourth-order valence-corrected chi connectivity index (χ4v) is 2.18. The largest absolute Gasteiger partial charge is 0.458 e. The summed E-state index contributed by atoms with van der Waals surface area (Å²) >= 11 is 3.41. The van der Waals surface area contributed by atoms with Crippen molar-refractivity contribution in [2.75, 3.05) is 19.7 Å². The van der Waals surface area contributed by atoms with Gasteiger partial charge in [0.05, 0.1) is 6.61 Å². The van der Waals surface area contributed by atoms with E-state index in [0.717, 1.165) is 38.8 Å². The number of hydrogen-bond donors (Lipinski definition) is 1. The Morgan fingerprint density at radius 2 is 1.44 bits per heavy atom. The molecule has 0 aliphatic carbocycles. The first-order valence-corrected chi connectivity index (χ1v) is 10.0. The van der Waals surface area contributed by atoms with E-state index in [-0.39, 0.29) is 11.7 Å². The van der Waals surface area contributed by atoms with Gasteiger partial charge in [0, 0.05) is 13.1 Å². The van der Waals surface area contributed by atoms with Crippen LogP contribution in [0.25, 0.3) is 0 Å². The minimum absolute atomic E-state index is 0.160. The zero-order valence-electron chi connectivity index (χ0n) is 17.1. The first-order chi connectivity index (χ1) is 12.8. The van der Waals surface area contributed by atoms with E-state index in [0.29, 0.717) is 6.61 Å². The molecule has 154 valence electrons. The minimum atomic E-state index is -0.488. The zero-order chi connectivity index (χ0) is 20.5. The lowest BCUT2D eigenvalue weighted by Crippen LogP contribution is -2.39. The lowest BCUT2D eigenvalue weighted by atomic mass is 10.1. The van der Waals surface area contributed by atoms with Crippen LogP contribution in [0.1, 0.15) is 59.8 Å². The highest BCUT2D eigenvalue weighted by atomic mass is 32.1. The second-order valence-electron chi connectivity index (χ2n) is 7.15. The Kier molecular flexibility index (Phi) is 14.4. The Morgan fingerprint density at radius 3 is 1.81 bits per heavy atom. The van der Waals surface area contributed by atoms with Crippen LogP contribution in [0.4, 0.5) is 9.59 Å². The Morgan fingerprint density at radius 1 is 0.963 bits per heavy atom. The van der Waals surface area contributed by atoms with Crippen LogP contribution in [-0.2, 0) is 9.47 Å². The summed E-state index contributed by atoms with van der Waals surface area (Å²) in [6.07, 6.45) is 5.26. The highest BCUT2D eigenvalue weighted by molar-refractivity contribution is 7.96. The second-order valence-corrected chi connectivity index (χ2v) is 7.52. The number of likely N-dealkylation sites (tertiary alicyclic amines) is 1. The number of nitrogens with zero attached hydrogens (tertiary/aromatic N) is 1. The monoisotopic (exact) mass is 397 g/mol. The minimum Gasteiger partial charge on any atom is -0.458 e. The molecular weight excluding hydrogens is 362 g/mol. The predicted octanol–water partition coefficient (Wildman–Crippen LogP) is 5.95. The molecule has 1 saturated heterocycles. The Balaban J connectivity index is 0.000000412. The summed E-state index contributed by atoms with van der Waals surface area (Å²) in [5.41, 5.74) is -0.367. The van der Waals surface area contributed by atoms with Crippen LogP contribution >= 0.6 is 12.6 Å². The lowest BCUT2D eigenvalue weighted by Gasteiger charge is -2.29. The van der Waals surface area contributed by atoms with Gasteiger partial charge in [-0.3, -0.25) is 0 Å². The summed E-state index contributed by atoms with van der Waals surface area (Å²) in [5.74, 6) is 0. The molecule has 0 spiro atoms. The molecule has 1 heterocycles. The molecule has 27 heavy (non-hydrogen) atoms. The molecule has 6 heteroatoms. The number of carbonyl (C=O) groups excluding carboxylic acids is 2. The predicted molar refractivity (Wildman–Crippen MR) is 113 cm³/mol. The number of piperidine rings is 1. The van der Waals surface area contributed by atoms with Gasteiger partial charge in [0.2, 0.25) is 0 Å². The van der Waals surface area contributed by atoms with Gasteiger partial charge < -0.3 is 14.4 Å². The standard InChI is InChI=1S/C10H19NO2.C6H6.C5H10O2S/c1-10(2,3)13-9(12)11-7-5-4-6-8-11;1-2-4-6-5-3-1;1-2-3-4-7-5(6)8/h4-8H2,1-3H3;1-6H;2-4H2,1H3,(H,6,8). The molecule has 0 aromatic heterocycles. The number of hydrogen-bond acceptors (Lipinski definition) is 4. The van der Waals surface area contributed by atoms with Crippen molar-refractivity contribution in [3.63, 3.8) is 0 Å². The van der Waals surface area contributed by atoms with E-state index in [4.69, 9.17) is 4.74 Å². The molecule has 5 nitrogen and oxygen atoms in total. The van der Waals surface area contributed by atoms with Crippen LogP contribution in [0.2, 0.25) is 0 Å². The third-order valence-corrected chi connectivity index (χ3v) is 3.53. The van der Waals surface area contributed by atoms with Gasteiger partial charge >= 0.3 is 11.4 Å². The molecule has 1 amide bonds. The van der Waals surface area contributed by atoms with Crippen LogP contribution in [0.3, 0.4) is 0 Å². The fraction of sp³-hybridized carbons (Fsp3) is 0.619. The molecule has 0 radical (unpaired) electrons. The van der Waals surface area contributed by atoms with E-state index in [1.165, 1.54) is 6.42 Å². The third-order valence-electron chi connectivity index (χ3n) is 3.40. The highest BCUT2D eigenvalue weighted by Crippen LogP contribution is 2.14. The quantitative estimate of drug-likeness (QED) is 0.389. The third kappa shape index (κ3) is 17.5. The average Bonchev–Trinajstić information content (AvgIpc) is 2.64. The van der Waals surface area contributed by atoms with E-state index in [1.807, 2.05) is 64.1 Å². The lowest BCUT2D eigenvalue weighted by molar-refractivity contribution is 0.0216. The first kappa shape index (κ1) is 25.3. The van der Waals surface area contributed by atoms with Crippen LogP contribution in [0, 0.1) is 0 Å². The summed E-state index contributed by atoms with van der Waals surface area (Å²) in [5, 5.41) is -0.488. The van der Waals surface area contributed by atoms with Gasteiger partial charge in [0.15, 0.2) is 0 Å². The van der Waals surface area contributed by atoms with Crippen molar-refractivity contribution in [3.05, 3.63) is 36.4 Å². The smallest absolute Gasteiger partial charge is 0.410 e. The molecular formula is C21H35NO4S. The fourth-order valence-electron chi connectivity index (χ4n) is 2.09. The molecule has 0 atom stereocenters. The number of ether oxygens (including phenoxy) is 2. The molecule has 1 fully saturated rings. The molecule has 2 rings (SSSR count). The van der Waals surface area contributed by atoms with Crippen molar-refractivity contribution in [2.45, 2.75) is 65.4 Å². The van der Waals surface area contributed by atoms with Crippen molar-refractivity contribution < 1.29 is 19.1 Å². The van der Waals surface area contributed by atoms with Gasteiger partial charge in [-0.25, -0.2) is 9.59 Å². The normalized spacial score (nSPS) is 13.3. The number of benzene rings is 1. The number of thiol groups is 1. The molecule has 1 aromatic carbocycles. The Bertz CT molecular complexity index is 470. The van der Waals surface area contributed by atoms with E-state index in [1.54, 1.807) is 4.90 Å². The molecule has 0 saturated carbocycles. The van der Waals surface area contributed by atoms with Crippen molar-refractivity contribution in [1.82, 2.24) is 4.90 Å². The first-order valence-electron chi connectivity index (χ1n) is 9.60. The van der Waals surface area contributed by atoms with Gasteiger partial charge in [-0.1, -0.05) is 62.4 Å². The maximum absolute atomic E-state index is 11.5. The van der Waals surface area contributed by atoms with Gasteiger partial charge in [-0.2, -0.15) is 0 Å². The van der Waals surface area contributed by atoms with Crippen LogP contribution in [-0.4, -0.2) is 41.6 Å². The highest BCUT2D eigenvalue weighted by Gasteiger charge is 2.22. The van der Waals surface area contributed by atoms with Crippen LogP contribution < -0.4 is 0 Å². The van der Waals surface area contributed by atoms with Crippen LogP contribution in [0.5, 0.6) is 0 Å². The molecule has 0 N–H and O–H groups in total. The van der Waals surface area contributed by atoms with Crippen molar-refractivity contribution in [1.29, 1.82) is 0 Å². The van der Waals surface area contributed by atoms with E-state index >= 15 is 0 Å². The van der Waals surface area contributed by atoms with Gasteiger partial charge in [0.25, 0.3) is 0 Å². The average molecular weight is 398 g/mol. The maximum Gasteiger partial charge on any atom is 0.410 e. The number of rotatable bonds is 3.